The molecule has 0 N–H and O–H groups in total. The Balaban J connectivity index is 1.46. The molecule has 29 heavy (non-hydrogen) atoms. The van der Waals surface area contributed by atoms with E-state index in [-0.39, 0.29) is 5.25 Å². The van der Waals surface area contributed by atoms with Gasteiger partial charge in [-0.2, -0.15) is 4.31 Å². The fourth-order valence-corrected chi connectivity index (χ4v) is 5.68. The van der Waals surface area contributed by atoms with Crippen molar-refractivity contribution in [3.05, 3.63) is 54.6 Å². The van der Waals surface area contributed by atoms with E-state index in [1.807, 2.05) is 24.4 Å². The van der Waals surface area contributed by atoms with Crippen molar-refractivity contribution < 1.29 is 8.42 Å². The molecular weight excluding hydrogens is 406 g/mol. The smallest absolute Gasteiger partial charge is 0.216 e. The maximum absolute atomic E-state index is 12.4. The molecule has 0 amide bonds. The van der Waals surface area contributed by atoms with Crippen LogP contribution in [0.1, 0.15) is 19.4 Å². The molecule has 0 radical (unpaired) electrons. The van der Waals surface area contributed by atoms with Gasteiger partial charge in [0.25, 0.3) is 0 Å². The van der Waals surface area contributed by atoms with Gasteiger partial charge in [-0.1, -0.05) is 0 Å². The molecule has 2 aromatic heterocycles. The van der Waals surface area contributed by atoms with Gasteiger partial charge >= 0.3 is 0 Å². The maximum Gasteiger partial charge on any atom is 0.216 e. The Hall–Kier alpha value is -2.10. The van der Waals surface area contributed by atoms with E-state index in [9.17, 15) is 8.42 Å². The third-order valence-electron chi connectivity index (χ3n) is 5.18. The molecule has 0 aromatic carbocycles. The summed E-state index contributed by atoms with van der Waals surface area (Å²) in [5, 5.41) is -0.379. The van der Waals surface area contributed by atoms with Crippen LogP contribution >= 0.6 is 11.8 Å². The summed E-state index contributed by atoms with van der Waals surface area (Å²) in [4.78, 5) is 14.2. The molecule has 2 aromatic rings. The van der Waals surface area contributed by atoms with Crippen LogP contribution in [0.15, 0.2) is 49.1 Å². The number of hydrogen-bond acceptors (Lipinski definition) is 7. The first kappa shape index (κ1) is 20.2. The number of piperazine rings is 1. The highest BCUT2D eigenvalue weighted by molar-refractivity contribution is 8.08. The monoisotopic (exact) mass is 431 g/mol. The second kappa shape index (κ2) is 8.33. The number of pyridine rings is 2. The largest absolute Gasteiger partial charge is 0.369 e. The van der Waals surface area contributed by atoms with Crippen LogP contribution in [-0.4, -0.2) is 60.0 Å². The van der Waals surface area contributed by atoms with Crippen LogP contribution in [0.3, 0.4) is 0 Å². The third kappa shape index (κ3) is 4.26. The van der Waals surface area contributed by atoms with Gasteiger partial charge in [0.05, 0.1) is 11.1 Å². The highest BCUT2D eigenvalue weighted by Gasteiger charge is 2.29. The molecule has 0 spiro atoms. The van der Waals surface area contributed by atoms with E-state index in [1.54, 1.807) is 42.3 Å². The van der Waals surface area contributed by atoms with Crippen molar-refractivity contribution in [2.24, 2.45) is 0 Å². The fraction of sp³-hybridized carbons (Fsp3) is 0.400. The van der Waals surface area contributed by atoms with Gasteiger partial charge in [0.1, 0.15) is 5.82 Å². The second-order valence-corrected chi connectivity index (χ2v) is 10.8. The molecule has 2 aliphatic heterocycles. The lowest BCUT2D eigenvalue weighted by molar-refractivity contribution is 0.381. The van der Waals surface area contributed by atoms with Crippen molar-refractivity contribution >= 4 is 38.2 Å². The Morgan fingerprint density at radius 2 is 1.76 bits per heavy atom. The molecule has 0 aliphatic carbocycles. The van der Waals surface area contributed by atoms with E-state index in [0.717, 1.165) is 22.9 Å². The van der Waals surface area contributed by atoms with E-state index in [1.165, 1.54) is 4.91 Å². The summed E-state index contributed by atoms with van der Waals surface area (Å²) in [6, 6.07) is 8.10. The van der Waals surface area contributed by atoms with Gasteiger partial charge in [-0.05, 0) is 37.6 Å². The number of hydrogen-bond donors (Lipinski definition) is 0. The SMILES string of the molecule is CC(C)S(=O)(=O)N1CCN(c2ccnc(N3C=C(c4ccncc4)SC3)c2)CC1. The Kier molecular flexibility index (Phi) is 5.80. The van der Waals surface area contributed by atoms with Gasteiger partial charge in [-0.15, -0.1) is 11.8 Å². The van der Waals surface area contributed by atoms with E-state index in [4.69, 9.17) is 0 Å². The molecule has 4 rings (SSSR count). The zero-order valence-corrected chi connectivity index (χ0v) is 18.2. The van der Waals surface area contributed by atoms with Crippen molar-refractivity contribution in [3.63, 3.8) is 0 Å². The Morgan fingerprint density at radius 3 is 2.45 bits per heavy atom. The number of nitrogens with zero attached hydrogens (tertiary/aromatic N) is 5. The van der Waals surface area contributed by atoms with Crippen LogP contribution in [0.2, 0.25) is 0 Å². The first-order valence-corrected chi connectivity index (χ1v) is 12.2. The minimum Gasteiger partial charge on any atom is -0.369 e. The number of anilines is 2. The molecule has 0 unspecified atom stereocenters. The van der Waals surface area contributed by atoms with Crippen LogP contribution < -0.4 is 9.80 Å². The standard InChI is InChI=1S/C20H25N5O2S2/c1-16(2)29(26,27)25-11-9-23(10-12-25)18-5-8-22-20(13-18)24-14-19(28-15-24)17-3-6-21-7-4-17/h3-8,13-14,16H,9-12,15H2,1-2H3. The summed E-state index contributed by atoms with van der Waals surface area (Å²) >= 11 is 1.78. The molecule has 154 valence electrons. The van der Waals surface area contributed by atoms with Crippen molar-refractivity contribution in [1.82, 2.24) is 14.3 Å². The van der Waals surface area contributed by atoms with Crippen LogP contribution in [-0.2, 0) is 10.0 Å². The zero-order valence-electron chi connectivity index (χ0n) is 16.6. The Bertz CT molecular complexity index is 987. The highest BCUT2D eigenvalue weighted by atomic mass is 32.2. The molecule has 0 saturated carbocycles. The van der Waals surface area contributed by atoms with Gasteiger partial charge in [-0.3, -0.25) is 4.98 Å². The van der Waals surface area contributed by atoms with Crippen molar-refractivity contribution in [3.8, 4) is 0 Å². The van der Waals surface area contributed by atoms with Crippen molar-refractivity contribution in [2.45, 2.75) is 19.1 Å². The molecule has 2 aliphatic rings. The number of sulfonamides is 1. The molecule has 7 nitrogen and oxygen atoms in total. The lowest BCUT2D eigenvalue weighted by Gasteiger charge is -2.36. The highest BCUT2D eigenvalue weighted by Crippen LogP contribution is 2.36. The predicted octanol–water partition coefficient (Wildman–Crippen LogP) is 2.85. The maximum atomic E-state index is 12.4. The first-order valence-electron chi connectivity index (χ1n) is 9.67. The van der Waals surface area contributed by atoms with E-state index < -0.39 is 10.0 Å². The number of thioether (sulfide) groups is 1. The van der Waals surface area contributed by atoms with Gasteiger partial charge < -0.3 is 9.80 Å². The summed E-state index contributed by atoms with van der Waals surface area (Å²) in [6.07, 6.45) is 7.55. The minimum atomic E-state index is -3.19. The van der Waals surface area contributed by atoms with Crippen LogP contribution in [0.4, 0.5) is 11.5 Å². The normalized spacial score (nSPS) is 18.4. The molecule has 1 fully saturated rings. The predicted molar refractivity (Wildman–Crippen MR) is 119 cm³/mol. The Labute approximate surface area is 176 Å². The van der Waals surface area contributed by atoms with Crippen molar-refractivity contribution in [2.75, 3.05) is 41.9 Å². The van der Waals surface area contributed by atoms with Gasteiger partial charge in [0, 0.05) is 67.6 Å². The summed E-state index contributed by atoms with van der Waals surface area (Å²) in [5.41, 5.74) is 2.23. The lowest BCUT2D eigenvalue weighted by atomic mass is 10.2. The summed E-state index contributed by atoms with van der Waals surface area (Å²) < 4.78 is 26.4. The third-order valence-corrected chi connectivity index (χ3v) is 8.52. The molecular formula is C20H25N5O2S2. The second-order valence-electron chi connectivity index (χ2n) is 7.32. The molecule has 4 heterocycles. The van der Waals surface area contributed by atoms with E-state index in [0.29, 0.717) is 26.2 Å². The number of aromatic nitrogens is 2. The quantitative estimate of drug-likeness (QED) is 0.721. The van der Waals surface area contributed by atoms with Gasteiger partial charge in [0.2, 0.25) is 10.0 Å². The lowest BCUT2D eigenvalue weighted by Crippen LogP contribution is -2.50. The Morgan fingerprint density at radius 1 is 1.03 bits per heavy atom. The van der Waals surface area contributed by atoms with Crippen LogP contribution in [0.25, 0.3) is 4.91 Å². The molecule has 0 atom stereocenters. The van der Waals surface area contributed by atoms with Crippen LogP contribution in [0, 0.1) is 0 Å². The summed E-state index contributed by atoms with van der Waals surface area (Å²) in [7, 11) is -3.19. The molecule has 1 saturated heterocycles. The zero-order chi connectivity index (χ0) is 20.4. The fourth-order valence-electron chi connectivity index (χ4n) is 3.42. The summed E-state index contributed by atoms with van der Waals surface area (Å²) in [6.45, 7) is 5.87. The number of rotatable bonds is 5. The van der Waals surface area contributed by atoms with Crippen LogP contribution in [0.5, 0.6) is 0 Å². The van der Waals surface area contributed by atoms with Gasteiger partial charge in [0.15, 0.2) is 0 Å². The molecule has 0 bridgehead atoms. The topological polar surface area (TPSA) is 69.6 Å². The van der Waals surface area contributed by atoms with Crippen molar-refractivity contribution in [1.29, 1.82) is 0 Å². The average Bonchev–Trinajstić information content (AvgIpc) is 3.25. The first-order chi connectivity index (χ1) is 13.9. The van der Waals surface area contributed by atoms with E-state index in [2.05, 4.69) is 32.0 Å². The molecule has 9 heteroatoms. The summed E-state index contributed by atoms with van der Waals surface area (Å²) in [5.74, 6) is 1.71. The minimum absolute atomic E-state index is 0.379. The average molecular weight is 432 g/mol. The van der Waals surface area contributed by atoms with Gasteiger partial charge in [-0.25, -0.2) is 13.4 Å². The van der Waals surface area contributed by atoms with E-state index >= 15 is 0 Å².